The molecule has 2 aromatic carbocycles. The van der Waals surface area contributed by atoms with Crippen molar-refractivity contribution in [3.05, 3.63) is 59.5 Å². The van der Waals surface area contributed by atoms with Crippen LogP contribution < -0.4 is 26.4 Å². The number of hydrogen-bond donors (Lipinski definition) is 5. The summed E-state index contributed by atoms with van der Waals surface area (Å²) in [5.41, 5.74) is 8.57. The third-order valence-electron chi connectivity index (χ3n) is 8.57. The summed E-state index contributed by atoms with van der Waals surface area (Å²) in [6.45, 7) is 7.30. The van der Waals surface area contributed by atoms with E-state index in [4.69, 9.17) is 15.0 Å². The van der Waals surface area contributed by atoms with Gasteiger partial charge in [-0.3, -0.25) is 14.4 Å². The van der Waals surface area contributed by atoms with Gasteiger partial charge in [0, 0.05) is 32.4 Å². The number of nitrogens with one attached hydrogen (secondary N) is 3. The number of unbranched alkanes of at least 4 members (excludes halogenated alkanes) is 2. The highest BCUT2D eigenvalue weighted by Crippen LogP contribution is 2.35. The SMILES string of the molecule is Cc1noc(C)c1NC(=O)N(C)C[C@@H]1Oc2c(NC(=O)CCCCCC(=O)Nc3ccccc3N)cccc2C(=O)N([C@@H](C)CO)C[C@@H]1C. The number of aromatic nitrogens is 1. The number of benzene rings is 2. The van der Waals surface area contributed by atoms with Gasteiger partial charge in [-0.15, -0.1) is 0 Å². The van der Waals surface area contributed by atoms with Crippen LogP contribution in [0.5, 0.6) is 5.75 Å². The zero-order valence-corrected chi connectivity index (χ0v) is 28.7. The Morgan fingerprint density at radius 3 is 2.31 bits per heavy atom. The van der Waals surface area contributed by atoms with Crippen molar-refractivity contribution in [1.82, 2.24) is 15.0 Å². The smallest absolute Gasteiger partial charge is 0.321 e. The van der Waals surface area contributed by atoms with Crippen LogP contribution in [0.4, 0.5) is 27.5 Å². The molecule has 6 N–H and O–H groups in total. The van der Waals surface area contributed by atoms with Crippen LogP contribution in [0.3, 0.4) is 0 Å². The Kier molecular flexibility index (Phi) is 12.6. The zero-order valence-electron chi connectivity index (χ0n) is 28.7. The number of rotatable bonds is 13. The van der Waals surface area contributed by atoms with Crippen LogP contribution in [0.1, 0.15) is 67.8 Å². The van der Waals surface area contributed by atoms with Gasteiger partial charge in [-0.2, -0.15) is 0 Å². The van der Waals surface area contributed by atoms with E-state index in [-0.39, 0.29) is 61.1 Å². The molecule has 4 rings (SSSR count). The molecule has 49 heavy (non-hydrogen) atoms. The lowest BCUT2D eigenvalue weighted by atomic mass is 9.99. The summed E-state index contributed by atoms with van der Waals surface area (Å²) in [5, 5.41) is 22.4. The van der Waals surface area contributed by atoms with Gasteiger partial charge in [0.2, 0.25) is 11.8 Å². The second-order valence-corrected chi connectivity index (χ2v) is 12.6. The lowest BCUT2D eigenvalue weighted by molar-refractivity contribution is -0.116. The molecule has 0 fully saturated rings. The highest BCUT2D eigenvalue weighted by molar-refractivity contribution is 6.01. The molecule has 0 saturated heterocycles. The predicted octanol–water partition coefficient (Wildman–Crippen LogP) is 4.79. The standard InChI is InChI=1S/C35H47N7O7/c1-21-18-42(22(2)20-43)34(46)25-12-11-15-28(33(25)48-29(21)19-41(5)35(47)39-32-23(3)40-49-24(32)4)38-31(45)17-8-6-7-16-30(44)37-27-14-10-9-13-26(27)36/h9-15,21-22,29,43H,6-8,16-20,36H2,1-5H3,(H,37,44)(H,38,45)(H,39,47)/t21-,22-,29-/m0/s1. The van der Waals surface area contributed by atoms with Crippen LogP contribution in [0.2, 0.25) is 0 Å². The maximum atomic E-state index is 13.8. The van der Waals surface area contributed by atoms with E-state index in [0.717, 1.165) is 0 Å². The van der Waals surface area contributed by atoms with Crippen molar-refractivity contribution >= 4 is 46.5 Å². The van der Waals surface area contributed by atoms with Gasteiger partial charge in [0.1, 0.15) is 17.5 Å². The molecule has 5 amide bonds. The first-order chi connectivity index (χ1) is 23.4. The van der Waals surface area contributed by atoms with E-state index in [1.807, 2.05) is 6.92 Å². The number of fused-ring (bicyclic) bond motifs is 1. The molecule has 0 aliphatic carbocycles. The molecule has 0 radical (unpaired) electrons. The quantitative estimate of drug-likeness (QED) is 0.125. The van der Waals surface area contributed by atoms with Gasteiger partial charge >= 0.3 is 6.03 Å². The summed E-state index contributed by atoms with van der Waals surface area (Å²) in [5.74, 6) is -0.335. The van der Waals surface area contributed by atoms with Crippen LogP contribution in [-0.2, 0) is 9.59 Å². The predicted molar refractivity (Wildman–Crippen MR) is 186 cm³/mol. The van der Waals surface area contributed by atoms with Gasteiger partial charge in [0.25, 0.3) is 5.91 Å². The fourth-order valence-electron chi connectivity index (χ4n) is 5.56. The average Bonchev–Trinajstić information content (AvgIpc) is 3.39. The largest absolute Gasteiger partial charge is 0.485 e. The number of para-hydroxylation sites is 3. The van der Waals surface area contributed by atoms with Gasteiger partial charge < -0.3 is 45.9 Å². The van der Waals surface area contributed by atoms with Crippen LogP contribution in [0, 0.1) is 19.8 Å². The Labute approximate surface area is 286 Å². The third-order valence-corrected chi connectivity index (χ3v) is 8.57. The Balaban J connectivity index is 1.43. The number of hydrogen-bond acceptors (Lipinski definition) is 9. The Hall–Kier alpha value is -5.11. The monoisotopic (exact) mass is 677 g/mol. The van der Waals surface area contributed by atoms with Crippen molar-refractivity contribution in [2.45, 2.75) is 71.9 Å². The first-order valence-electron chi connectivity index (χ1n) is 16.5. The summed E-state index contributed by atoms with van der Waals surface area (Å²) in [6, 6.07) is 11.1. The number of aliphatic hydroxyl groups is 1. The minimum absolute atomic E-state index is 0.146. The molecule has 14 heteroatoms. The van der Waals surface area contributed by atoms with Gasteiger partial charge in [-0.25, -0.2) is 4.79 Å². The number of nitrogens with zero attached hydrogens (tertiary/aromatic N) is 3. The summed E-state index contributed by atoms with van der Waals surface area (Å²) in [7, 11) is 1.64. The molecule has 0 spiro atoms. The molecule has 1 aliphatic rings. The number of amides is 5. The molecule has 0 unspecified atom stereocenters. The first-order valence-corrected chi connectivity index (χ1v) is 16.5. The Morgan fingerprint density at radius 2 is 1.67 bits per heavy atom. The second kappa shape index (κ2) is 16.8. The molecule has 0 saturated carbocycles. The molecule has 264 valence electrons. The van der Waals surface area contributed by atoms with Crippen LogP contribution >= 0.6 is 0 Å². The number of urea groups is 1. The maximum Gasteiger partial charge on any atom is 0.321 e. The van der Waals surface area contributed by atoms with Crippen molar-refractivity contribution in [3.63, 3.8) is 0 Å². The number of nitrogen functional groups attached to an aromatic ring is 1. The summed E-state index contributed by atoms with van der Waals surface area (Å²) >= 11 is 0. The normalized spacial score (nSPS) is 16.4. The number of anilines is 4. The number of aryl methyl sites for hydroxylation is 2. The number of likely N-dealkylation sites (N-methyl/N-ethyl adjacent to an activating group) is 1. The number of nitrogens with two attached hydrogens (primary N) is 1. The number of carbonyl (C=O) groups is 4. The third kappa shape index (κ3) is 9.50. The van der Waals surface area contributed by atoms with Gasteiger partial charge in [0.15, 0.2) is 11.5 Å². The lowest BCUT2D eigenvalue weighted by Crippen LogP contribution is -2.50. The molecular formula is C35H47N7O7. The fourth-order valence-corrected chi connectivity index (χ4v) is 5.56. The molecule has 3 atom stereocenters. The topological polar surface area (TPSA) is 192 Å². The molecule has 3 aromatic rings. The average molecular weight is 678 g/mol. The summed E-state index contributed by atoms with van der Waals surface area (Å²) < 4.78 is 11.7. The van der Waals surface area contributed by atoms with E-state index in [0.29, 0.717) is 59.9 Å². The van der Waals surface area contributed by atoms with Gasteiger partial charge in [-0.1, -0.05) is 36.7 Å². The highest BCUT2D eigenvalue weighted by Gasteiger charge is 2.35. The minimum Gasteiger partial charge on any atom is -0.485 e. The van der Waals surface area contributed by atoms with Crippen LogP contribution in [-0.4, -0.2) is 82.7 Å². The molecule has 2 heterocycles. The number of aliphatic hydroxyl groups excluding tert-OH is 1. The van der Waals surface area contributed by atoms with E-state index in [9.17, 15) is 24.3 Å². The molecule has 1 aromatic heterocycles. The van der Waals surface area contributed by atoms with E-state index in [1.165, 1.54) is 4.90 Å². The van der Waals surface area contributed by atoms with Crippen molar-refractivity contribution in [2.24, 2.45) is 5.92 Å². The highest BCUT2D eigenvalue weighted by atomic mass is 16.5. The van der Waals surface area contributed by atoms with Crippen LogP contribution in [0.15, 0.2) is 47.0 Å². The molecular weight excluding hydrogens is 630 g/mol. The van der Waals surface area contributed by atoms with Crippen molar-refractivity contribution < 1.29 is 33.5 Å². The summed E-state index contributed by atoms with van der Waals surface area (Å²) in [6.07, 6.45) is 1.71. The second-order valence-electron chi connectivity index (χ2n) is 12.6. The molecule has 1 aliphatic heterocycles. The maximum absolute atomic E-state index is 13.8. The number of carbonyl (C=O) groups excluding carboxylic acids is 4. The van der Waals surface area contributed by atoms with Gasteiger partial charge in [0.05, 0.1) is 41.8 Å². The first kappa shape index (κ1) is 36.7. The van der Waals surface area contributed by atoms with E-state index in [1.54, 1.807) is 75.2 Å². The van der Waals surface area contributed by atoms with Crippen molar-refractivity contribution in [3.8, 4) is 5.75 Å². The Morgan fingerprint density at radius 1 is 1.02 bits per heavy atom. The lowest BCUT2D eigenvalue weighted by Gasteiger charge is -2.38. The van der Waals surface area contributed by atoms with E-state index < -0.39 is 18.2 Å². The Bertz CT molecular complexity index is 1620. The fraction of sp³-hybridized carbons (Fsp3) is 0.457. The number of ether oxygens (including phenoxy) is 1. The van der Waals surface area contributed by atoms with Crippen molar-refractivity contribution in [1.29, 1.82) is 0 Å². The van der Waals surface area contributed by atoms with E-state index >= 15 is 0 Å². The van der Waals surface area contributed by atoms with Crippen LogP contribution in [0.25, 0.3) is 0 Å². The molecule has 0 bridgehead atoms. The van der Waals surface area contributed by atoms with Gasteiger partial charge in [-0.05, 0) is 57.9 Å². The molecule has 14 nitrogen and oxygen atoms in total. The van der Waals surface area contributed by atoms with Crippen molar-refractivity contribution in [2.75, 3.05) is 48.4 Å². The van der Waals surface area contributed by atoms with E-state index in [2.05, 4.69) is 21.1 Å². The summed E-state index contributed by atoms with van der Waals surface area (Å²) in [4.78, 5) is 55.4. The zero-order chi connectivity index (χ0) is 35.7. The minimum atomic E-state index is -0.587.